The molecule has 0 bridgehead atoms. The zero-order valence-electron chi connectivity index (χ0n) is 12.5. The first-order valence-electron chi connectivity index (χ1n) is 7.38. The summed E-state index contributed by atoms with van der Waals surface area (Å²) in [6.07, 6.45) is 0.842. The van der Waals surface area contributed by atoms with Gasteiger partial charge in [-0.2, -0.15) is 0 Å². The Hall–Kier alpha value is -2.23. The van der Waals surface area contributed by atoms with Crippen molar-refractivity contribution in [3.63, 3.8) is 0 Å². The van der Waals surface area contributed by atoms with E-state index in [1.807, 2.05) is 31.3 Å². The maximum Gasteiger partial charge on any atom is 0.228 e. The van der Waals surface area contributed by atoms with Crippen molar-refractivity contribution < 1.29 is 4.79 Å². The highest BCUT2D eigenvalue weighted by atomic mass is 16.1. The van der Waals surface area contributed by atoms with Gasteiger partial charge in [0.25, 0.3) is 0 Å². The van der Waals surface area contributed by atoms with Crippen molar-refractivity contribution in [3.8, 4) is 0 Å². The molecule has 0 aliphatic carbocycles. The Morgan fingerprint density at radius 2 is 2.14 bits per heavy atom. The number of aromatic nitrogens is 1. The van der Waals surface area contributed by atoms with Gasteiger partial charge in [0.15, 0.2) is 0 Å². The van der Waals surface area contributed by atoms with Gasteiger partial charge in [0.05, 0.1) is 12.5 Å². The number of amides is 1. The first-order chi connectivity index (χ1) is 10.2. The van der Waals surface area contributed by atoms with Gasteiger partial charge in [0, 0.05) is 30.7 Å². The Bertz CT molecular complexity index is 660. The molecule has 1 amide bonds. The highest BCUT2D eigenvalue weighted by Crippen LogP contribution is 2.31. The molecule has 1 aromatic heterocycles. The molecule has 0 saturated carbocycles. The van der Waals surface area contributed by atoms with Crippen LogP contribution in [0.5, 0.6) is 0 Å². The number of fused-ring (bicyclic) bond motifs is 1. The quantitative estimate of drug-likeness (QED) is 0.909. The summed E-state index contributed by atoms with van der Waals surface area (Å²) in [5.74, 6) is 0.0617. The van der Waals surface area contributed by atoms with Crippen molar-refractivity contribution in [2.75, 3.05) is 11.9 Å². The van der Waals surface area contributed by atoms with Gasteiger partial charge in [-0.1, -0.05) is 18.2 Å². The number of carbonyl (C=O) groups is 1. The van der Waals surface area contributed by atoms with Crippen molar-refractivity contribution in [2.45, 2.75) is 25.8 Å². The normalized spacial score (nSPS) is 17.0. The average Bonchev–Trinajstić information content (AvgIpc) is 2.84. The minimum Gasteiger partial charge on any atom is -0.385 e. The van der Waals surface area contributed by atoms with Crippen LogP contribution >= 0.6 is 0 Å². The fourth-order valence-corrected chi connectivity index (χ4v) is 2.89. The van der Waals surface area contributed by atoms with Crippen molar-refractivity contribution in [1.82, 2.24) is 9.88 Å². The van der Waals surface area contributed by atoms with Crippen LogP contribution in [0.15, 0.2) is 36.4 Å². The van der Waals surface area contributed by atoms with E-state index in [9.17, 15) is 4.79 Å². The Morgan fingerprint density at radius 3 is 2.90 bits per heavy atom. The fourth-order valence-electron chi connectivity index (χ4n) is 2.89. The molecule has 1 aliphatic heterocycles. The molecular formula is C17H21N3O. The van der Waals surface area contributed by atoms with E-state index in [4.69, 9.17) is 0 Å². The Balaban J connectivity index is 1.71. The molecule has 21 heavy (non-hydrogen) atoms. The molecule has 110 valence electrons. The number of hydrogen-bond acceptors (Lipinski definition) is 2. The summed E-state index contributed by atoms with van der Waals surface area (Å²) in [5, 5.41) is 6.43. The van der Waals surface area contributed by atoms with Gasteiger partial charge in [-0.15, -0.1) is 0 Å². The van der Waals surface area contributed by atoms with Gasteiger partial charge in [0.2, 0.25) is 5.91 Å². The highest BCUT2D eigenvalue weighted by molar-refractivity contribution is 5.86. The van der Waals surface area contributed by atoms with Crippen molar-refractivity contribution >= 4 is 11.6 Å². The van der Waals surface area contributed by atoms with Gasteiger partial charge in [0.1, 0.15) is 0 Å². The monoisotopic (exact) mass is 283 g/mol. The Morgan fingerprint density at radius 1 is 1.33 bits per heavy atom. The lowest BCUT2D eigenvalue weighted by molar-refractivity contribution is -0.122. The summed E-state index contributed by atoms with van der Waals surface area (Å²) in [7, 11) is 2.02. The zero-order chi connectivity index (χ0) is 14.8. The number of hydrogen-bond donors (Lipinski definition) is 2. The van der Waals surface area contributed by atoms with Gasteiger partial charge < -0.3 is 15.2 Å². The molecule has 4 nitrogen and oxygen atoms in total. The van der Waals surface area contributed by atoms with E-state index in [2.05, 4.69) is 34.3 Å². The number of benzene rings is 1. The van der Waals surface area contributed by atoms with Crippen molar-refractivity contribution in [1.29, 1.82) is 0 Å². The average molecular weight is 283 g/mol. The Kier molecular flexibility index (Phi) is 3.69. The van der Waals surface area contributed by atoms with E-state index < -0.39 is 0 Å². The minimum absolute atomic E-state index is 0.0520. The Labute approximate surface area is 125 Å². The molecule has 0 radical (unpaired) electrons. The fraction of sp³-hybridized carbons (Fsp3) is 0.353. The topological polar surface area (TPSA) is 46.1 Å². The standard InChI is InChI=1S/C17H21N3O/c1-12-7-8-13(20(12)2)11-19-17(21)15-9-10-18-16-6-4-3-5-14(15)16/h3-8,15,18H,9-11H2,1-2H3,(H,19,21). The summed E-state index contributed by atoms with van der Waals surface area (Å²) in [6.45, 7) is 3.49. The van der Waals surface area contributed by atoms with Crippen LogP contribution in [0, 0.1) is 6.92 Å². The summed E-state index contributed by atoms with van der Waals surface area (Å²) >= 11 is 0. The molecule has 2 heterocycles. The van der Waals surface area contributed by atoms with Gasteiger partial charge in [-0.25, -0.2) is 0 Å². The van der Waals surface area contributed by atoms with Crippen LogP contribution in [0.25, 0.3) is 0 Å². The SMILES string of the molecule is Cc1ccc(CNC(=O)C2CCNc3ccccc32)n1C. The van der Waals surface area contributed by atoms with Crippen LogP contribution in [-0.4, -0.2) is 17.0 Å². The second-order valence-corrected chi connectivity index (χ2v) is 5.60. The maximum atomic E-state index is 12.5. The molecule has 1 aliphatic rings. The first kappa shape index (κ1) is 13.7. The summed E-state index contributed by atoms with van der Waals surface area (Å²) in [5.41, 5.74) is 4.51. The number of nitrogens with zero attached hydrogens (tertiary/aromatic N) is 1. The summed E-state index contributed by atoms with van der Waals surface area (Å²) < 4.78 is 2.11. The number of aryl methyl sites for hydroxylation is 1. The van der Waals surface area contributed by atoms with E-state index >= 15 is 0 Å². The van der Waals surface area contributed by atoms with E-state index in [0.29, 0.717) is 6.54 Å². The van der Waals surface area contributed by atoms with Gasteiger partial charge in [-0.05, 0) is 37.1 Å². The van der Waals surface area contributed by atoms with E-state index in [1.54, 1.807) is 0 Å². The molecule has 1 aromatic carbocycles. The third-order valence-electron chi connectivity index (χ3n) is 4.32. The summed E-state index contributed by atoms with van der Waals surface area (Å²) in [6, 6.07) is 12.2. The summed E-state index contributed by atoms with van der Waals surface area (Å²) in [4.78, 5) is 12.5. The minimum atomic E-state index is -0.0520. The molecule has 2 N–H and O–H groups in total. The lowest BCUT2D eigenvalue weighted by atomic mass is 9.90. The van der Waals surface area contributed by atoms with Crippen molar-refractivity contribution in [3.05, 3.63) is 53.3 Å². The highest BCUT2D eigenvalue weighted by Gasteiger charge is 2.25. The molecule has 0 spiro atoms. The van der Waals surface area contributed by atoms with E-state index in [1.165, 1.54) is 5.69 Å². The third-order valence-corrected chi connectivity index (χ3v) is 4.32. The molecule has 1 unspecified atom stereocenters. The lowest BCUT2D eigenvalue weighted by Gasteiger charge is -2.25. The van der Waals surface area contributed by atoms with Gasteiger partial charge >= 0.3 is 0 Å². The number of para-hydroxylation sites is 1. The molecule has 0 fully saturated rings. The van der Waals surface area contributed by atoms with Gasteiger partial charge in [-0.3, -0.25) is 4.79 Å². The number of anilines is 1. The largest absolute Gasteiger partial charge is 0.385 e. The molecule has 4 heteroatoms. The number of carbonyl (C=O) groups excluding carboxylic acids is 1. The van der Waals surface area contributed by atoms with Crippen LogP contribution in [0.4, 0.5) is 5.69 Å². The van der Waals surface area contributed by atoms with Crippen LogP contribution in [0.2, 0.25) is 0 Å². The third kappa shape index (κ3) is 2.66. The smallest absolute Gasteiger partial charge is 0.228 e. The second kappa shape index (κ2) is 5.64. The molecule has 1 atom stereocenters. The lowest BCUT2D eigenvalue weighted by Crippen LogP contribution is -2.33. The molecular weight excluding hydrogens is 262 g/mol. The van der Waals surface area contributed by atoms with Crippen LogP contribution in [0.1, 0.15) is 29.3 Å². The predicted octanol–water partition coefficient (Wildman–Crippen LogP) is 2.55. The van der Waals surface area contributed by atoms with Crippen molar-refractivity contribution in [2.24, 2.45) is 7.05 Å². The first-order valence-corrected chi connectivity index (χ1v) is 7.38. The molecule has 0 saturated heterocycles. The van der Waals surface area contributed by atoms with Crippen LogP contribution < -0.4 is 10.6 Å². The zero-order valence-corrected chi connectivity index (χ0v) is 12.5. The van der Waals surface area contributed by atoms with Crippen LogP contribution in [-0.2, 0) is 18.4 Å². The molecule has 2 aromatic rings. The van der Waals surface area contributed by atoms with E-state index in [0.717, 1.165) is 29.9 Å². The molecule has 3 rings (SSSR count). The predicted molar refractivity (Wildman–Crippen MR) is 84.3 cm³/mol. The van der Waals surface area contributed by atoms with E-state index in [-0.39, 0.29) is 11.8 Å². The second-order valence-electron chi connectivity index (χ2n) is 5.60. The number of rotatable bonds is 3. The number of nitrogens with one attached hydrogen (secondary N) is 2. The maximum absolute atomic E-state index is 12.5. The van der Waals surface area contributed by atoms with Crippen LogP contribution in [0.3, 0.4) is 0 Å².